The Bertz CT molecular complexity index is 439. The second kappa shape index (κ2) is 7.13. The third-order valence-corrected chi connectivity index (χ3v) is 5.53. The molecule has 21 heavy (non-hydrogen) atoms. The summed E-state index contributed by atoms with van der Waals surface area (Å²) in [5, 5.41) is 8.48. The van der Waals surface area contributed by atoms with Crippen molar-refractivity contribution in [3.63, 3.8) is 0 Å². The van der Waals surface area contributed by atoms with Crippen molar-refractivity contribution >= 4 is 11.6 Å². The molecule has 2 aliphatic rings. The van der Waals surface area contributed by atoms with Gasteiger partial charge in [-0.15, -0.1) is 0 Å². The lowest BCUT2D eigenvalue weighted by molar-refractivity contribution is 0.295. The van der Waals surface area contributed by atoms with E-state index >= 15 is 0 Å². The SMILES string of the molecule is CCC(NC1CCCC1C1CCCN1)c1ccc(Cl)cc1. The summed E-state index contributed by atoms with van der Waals surface area (Å²) in [7, 11) is 0. The van der Waals surface area contributed by atoms with E-state index in [0.717, 1.165) is 23.4 Å². The Labute approximate surface area is 133 Å². The van der Waals surface area contributed by atoms with Crippen LogP contribution in [-0.2, 0) is 0 Å². The normalized spacial score (nSPS) is 30.7. The lowest BCUT2D eigenvalue weighted by Gasteiger charge is -2.30. The van der Waals surface area contributed by atoms with Crippen molar-refractivity contribution in [3.05, 3.63) is 34.9 Å². The number of hydrogen-bond acceptors (Lipinski definition) is 2. The summed E-state index contributed by atoms with van der Waals surface area (Å²) in [5.41, 5.74) is 1.37. The molecular weight excluding hydrogens is 280 g/mol. The maximum atomic E-state index is 6.01. The smallest absolute Gasteiger partial charge is 0.0406 e. The van der Waals surface area contributed by atoms with Crippen LogP contribution < -0.4 is 10.6 Å². The van der Waals surface area contributed by atoms with Crippen LogP contribution in [0.1, 0.15) is 57.1 Å². The number of hydrogen-bond donors (Lipinski definition) is 2. The Morgan fingerprint density at radius 1 is 1.19 bits per heavy atom. The van der Waals surface area contributed by atoms with Gasteiger partial charge in [0.05, 0.1) is 0 Å². The topological polar surface area (TPSA) is 24.1 Å². The van der Waals surface area contributed by atoms with Gasteiger partial charge in [-0.3, -0.25) is 0 Å². The Balaban J connectivity index is 1.66. The molecule has 2 N–H and O–H groups in total. The zero-order chi connectivity index (χ0) is 14.7. The molecule has 116 valence electrons. The zero-order valence-corrected chi connectivity index (χ0v) is 13.7. The van der Waals surface area contributed by atoms with Gasteiger partial charge in [0.25, 0.3) is 0 Å². The van der Waals surface area contributed by atoms with E-state index < -0.39 is 0 Å². The van der Waals surface area contributed by atoms with Crippen LogP contribution in [0.3, 0.4) is 0 Å². The molecule has 1 aromatic carbocycles. The predicted molar refractivity (Wildman–Crippen MR) is 89.8 cm³/mol. The Kier molecular flexibility index (Phi) is 5.20. The van der Waals surface area contributed by atoms with Gasteiger partial charge < -0.3 is 10.6 Å². The molecule has 0 aromatic heterocycles. The highest BCUT2D eigenvalue weighted by molar-refractivity contribution is 6.30. The third-order valence-electron chi connectivity index (χ3n) is 5.28. The summed E-state index contributed by atoms with van der Waals surface area (Å²) >= 11 is 6.01. The lowest BCUT2D eigenvalue weighted by Crippen LogP contribution is -2.43. The van der Waals surface area contributed by atoms with Crippen molar-refractivity contribution in [3.8, 4) is 0 Å². The van der Waals surface area contributed by atoms with E-state index in [9.17, 15) is 0 Å². The molecule has 2 nitrogen and oxygen atoms in total. The molecule has 1 saturated heterocycles. The number of halogens is 1. The first-order valence-corrected chi connectivity index (χ1v) is 8.90. The van der Waals surface area contributed by atoms with Crippen molar-refractivity contribution in [2.24, 2.45) is 5.92 Å². The van der Waals surface area contributed by atoms with Gasteiger partial charge >= 0.3 is 0 Å². The molecule has 1 aliphatic carbocycles. The van der Waals surface area contributed by atoms with Gasteiger partial charge in [0.1, 0.15) is 0 Å². The van der Waals surface area contributed by atoms with Crippen LogP contribution in [0, 0.1) is 5.92 Å². The minimum atomic E-state index is 0.453. The van der Waals surface area contributed by atoms with E-state index in [4.69, 9.17) is 11.6 Å². The van der Waals surface area contributed by atoms with Crippen molar-refractivity contribution < 1.29 is 0 Å². The molecule has 0 bridgehead atoms. The second-order valence-electron chi connectivity index (χ2n) is 6.58. The molecule has 4 atom stereocenters. The molecule has 3 heteroatoms. The van der Waals surface area contributed by atoms with E-state index in [-0.39, 0.29) is 0 Å². The molecule has 1 heterocycles. The molecule has 1 aromatic rings. The monoisotopic (exact) mass is 306 g/mol. The molecule has 4 unspecified atom stereocenters. The maximum absolute atomic E-state index is 6.01. The largest absolute Gasteiger partial charge is 0.314 e. The van der Waals surface area contributed by atoms with E-state index in [0.29, 0.717) is 12.1 Å². The molecule has 0 amide bonds. The highest BCUT2D eigenvalue weighted by atomic mass is 35.5. The molecule has 2 fully saturated rings. The number of nitrogens with one attached hydrogen (secondary N) is 2. The van der Waals surface area contributed by atoms with Crippen LogP contribution in [0.15, 0.2) is 24.3 Å². The first-order valence-electron chi connectivity index (χ1n) is 8.53. The summed E-state index contributed by atoms with van der Waals surface area (Å²) in [4.78, 5) is 0. The van der Waals surface area contributed by atoms with Gasteiger partial charge in [-0.25, -0.2) is 0 Å². The molecule has 0 radical (unpaired) electrons. The summed E-state index contributed by atoms with van der Waals surface area (Å²) < 4.78 is 0. The average Bonchev–Trinajstić information content (AvgIpc) is 3.16. The molecule has 1 saturated carbocycles. The van der Waals surface area contributed by atoms with E-state index in [2.05, 4.69) is 29.7 Å². The zero-order valence-electron chi connectivity index (χ0n) is 12.9. The minimum Gasteiger partial charge on any atom is -0.314 e. The summed E-state index contributed by atoms with van der Waals surface area (Å²) in [6.07, 6.45) is 7.92. The fraction of sp³-hybridized carbons (Fsp3) is 0.667. The number of rotatable bonds is 5. The average molecular weight is 307 g/mol. The fourth-order valence-electron chi connectivity index (χ4n) is 4.16. The Hall–Kier alpha value is -0.570. The maximum Gasteiger partial charge on any atom is 0.0406 e. The van der Waals surface area contributed by atoms with Crippen molar-refractivity contribution in [1.82, 2.24) is 10.6 Å². The Morgan fingerprint density at radius 3 is 2.67 bits per heavy atom. The molecule has 0 spiro atoms. The Morgan fingerprint density at radius 2 is 2.00 bits per heavy atom. The van der Waals surface area contributed by atoms with Crippen LogP contribution in [0.2, 0.25) is 5.02 Å². The van der Waals surface area contributed by atoms with Crippen LogP contribution in [0.4, 0.5) is 0 Å². The van der Waals surface area contributed by atoms with Gasteiger partial charge in [0, 0.05) is 23.1 Å². The first-order chi connectivity index (χ1) is 10.3. The van der Waals surface area contributed by atoms with Crippen LogP contribution in [0.5, 0.6) is 0 Å². The molecule has 1 aliphatic heterocycles. The van der Waals surface area contributed by atoms with Crippen LogP contribution in [-0.4, -0.2) is 18.6 Å². The van der Waals surface area contributed by atoms with Gasteiger partial charge in [0.2, 0.25) is 0 Å². The summed E-state index contributed by atoms with van der Waals surface area (Å²) in [6, 6.07) is 10.2. The summed E-state index contributed by atoms with van der Waals surface area (Å²) in [5.74, 6) is 0.814. The van der Waals surface area contributed by atoms with E-state index in [1.54, 1.807) is 0 Å². The minimum absolute atomic E-state index is 0.453. The highest BCUT2D eigenvalue weighted by Crippen LogP contribution is 2.34. The van der Waals surface area contributed by atoms with Crippen LogP contribution >= 0.6 is 11.6 Å². The lowest BCUT2D eigenvalue weighted by atomic mass is 9.91. The molecule has 3 rings (SSSR count). The highest BCUT2D eigenvalue weighted by Gasteiger charge is 2.35. The van der Waals surface area contributed by atoms with E-state index in [1.807, 2.05) is 12.1 Å². The van der Waals surface area contributed by atoms with Crippen LogP contribution in [0.25, 0.3) is 0 Å². The second-order valence-corrected chi connectivity index (χ2v) is 7.02. The van der Waals surface area contributed by atoms with Gasteiger partial charge in [-0.05, 0) is 62.3 Å². The van der Waals surface area contributed by atoms with Gasteiger partial charge in [0.15, 0.2) is 0 Å². The first kappa shape index (κ1) is 15.3. The van der Waals surface area contributed by atoms with Gasteiger partial charge in [-0.1, -0.05) is 37.1 Å². The van der Waals surface area contributed by atoms with Crippen molar-refractivity contribution in [2.45, 2.75) is 63.6 Å². The van der Waals surface area contributed by atoms with Crippen molar-refractivity contribution in [1.29, 1.82) is 0 Å². The summed E-state index contributed by atoms with van der Waals surface area (Å²) in [6.45, 7) is 3.48. The third kappa shape index (κ3) is 3.61. The standard InChI is InChI=1S/C18H27ClN2/c1-2-16(13-8-10-14(19)11-9-13)21-18-6-3-5-15(18)17-7-4-12-20-17/h8-11,15-18,20-21H,2-7,12H2,1H3. The van der Waals surface area contributed by atoms with Crippen molar-refractivity contribution in [2.75, 3.05) is 6.54 Å². The predicted octanol–water partition coefficient (Wildman–Crippen LogP) is 4.30. The number of benzene rings is 1. The quantitative estimate of drug-likeness (QED) is 0.847. The van der Waals surface area contributed by atoms with E-state index in [1.165, 1.54) is 44.2 Å². The molecular formula is C18H27ClN2. The fourth-order valence-corrected chi connectivity index (χ4v) is 4.28. The van der Waals surface area contributed by atoms with Gasteiger partial charge in [-0.2, -0.15) is 0 Å².